The van der Waals surface area contributed by atoms with Crippen LogP contribution in [0.25, 0.3) is 0 Å². The molecule has 0 aromatic heterocycles. The molecule has 15 heavy (non-hydrogen) atoms. The van der Waals surface area contributed by atoms with Crippen LogP contribution < -0.4 is 0 Å². The molecule has 0 N–H and O–H groups in total. The van der Waals surface area contributed by atoms with E-state index in [1.165, 1.54) is 18.9 Å². The summed E-state index contributed by atoms with van der Waals surface area (Å²) >= 11 is 12.9. The summed E-state index contributed by atoms with van der Waals surface area (Å²) in [6.45, 7) is 0. The molecule has 0 aliphatic rings. The molecule has 1 atom stereocenters. The predicted octanol–water partition coefficient (Wildman–Crippen LogP) is 3.13. The van der Waals surface area contributed by atoms with E-state index in [9.17, 15) is 4.79 Å². The molecular weight excluding hydrogens is 255 g/mol. The number of carbonyl (C=O) groups is 1. The highest BCUT2D eigenvalue weighted by molar-refractivity contribution is 8.02. The largest absolute Gasteiger partial charge is 0.467 e. The van der Waals surface area contributed by atoms with Crippen molar-refractivity contribution >= 4 is 40.9 Å². The van der Waals surface area contributed by atoms with Gasteiger partial charge in [0.05, 0.1) is 13.0 Å². The summed E-state index contributed by atoms with van der Waals surface area (Å²) in [6.07, 6.45) is 0. The van der Waals surface area contributed by atoms with E-state index in [1.807, 2.05) is 30.3 Å². The van der Waals surface area contributed by atoms with E-state index in [2.05, 4.69) is 4.74 Å². The van der Waals surface area contributed by atoms with Gasteiger partial charge in [-0.25, -0.2) is 4.79 Å². The van der Waals surface area contributed by atoms with Crippen LogP contribution in [-0.2, 0) is 9.53 Å². The molecule has 0 aliphatic heterocycles. The maximum Gasteiger partial charge on any atom is 0.338 e. The Labute approximate surface area is 103 Å². The fourth-order valence-corrected chi connectivity index (χ4v) is 2.46. The van der Waals surface area contributed by atoms with Crippen molar-refractivity contribution in [2.45, 2.75) is 9.10 Å². The van der Waals surface area contributed by atoms with Gasteiger partial charge >= 0.3 is 5.97 Å². The van der Waals surface area contributed by atoms with E-state index >= 15 is 0 Å². The number of hydrogen-bond donors (Lipinski definition) is 0. The highest BCUT2D eigenvalue weighted by atomic mass is 35.5. The minimum absolute atomic E-state index is 0.0131. The van der Waals surface area contributed by atoms with Crippen LogP contribution in [0.1, 0.15) is 0 Å². The van der Waals surface area contributed by atoms with Crippen molar-refractivity contribution in [2.24, 2.45) is 0 Å². The number of ether oxygens (including phenoxy) is 1. The number of benzene rings is 1. The van der Waals surface area contributed by atoms with Crippen LogP contribution >= 0.6 is 35.0 Å². The zero-order valence-electron chi connectivity index (χ0n) is 8.07. The zero-order valence-corrected chi connectivity index (χ0v) is 10.4. The van der Waals surface area contributed by atoms with Gasteiger partial charge in [-0.2, -0.15) is 0 Å². The number of thioether (sulfide) groups is 1. The van der Waals surface area contributed by atoms with Crippen molar-refractivity contribution in [2.75, 3.05) is 13.0 Å². The molecule has 0 fully saturated rings. The molecule has 1 aromatic carbocycles. The lowest BCUT2D eigenvalue weighted by Crippen LogP contribution is -2.31. The first-order chi connectivity index (χ1) is 7.12. The van der Waals surface area contributed by atoms with E-state index in [0.29, 0.717) is 0 Å². The molecule has 0 saturated heterocycles. The first kappa shape index (κ1) is 12.7. The topological polar surface area (TPSA) is 26.3 Å². The van der Waals surface area contributed by atoms with Gasteiger partial charge in [0.2, 0.25) is 4.21 Å². The van der Waals surface area contributed by atoms with Crippen molar-refractivity contribution in [3.8, 4) is 0 Å². The van der Waals surface area contributed by atoms with Crippen molar-refractivity contribution in [1.29, 1.82) is 0 Å². The van der Waals surface area contributed by atoms with Gasteiger partial charge in [-0.1, -0.05) is 41.6 Å². The molecule has 1 unspecified atom stereocenters. The minimum Gasteiger partial charge on any atom is -0.467 e. The van der Waals surface area contributed by atoms with Gasteiger partial charge in [0.25, 0.3) is 0 Å². The fourth-order valence-electron chi connectivity index (χ4n) is 0.951. The minimum atomic E-state index is -1.25. The second-order valence-corrected chi connectivity index (χ2v) is 5.28. The highest BCUT2D eigenvalue weighted by Gasteiger charge is 2.38. The Hall–Kier alpha value is -0.380. The summed E-state index contributed by atoms with van der Waals surface area (Å²) in [6, 6.07) is 9.34. The second-order valence-electron chi connectivity index (χ2n) is 2.77. The number of alkyl halides is 2. The first-order valence-corrected chi connectivity index (χ1v) is 5.92. The number of esters is 1. The van der Waals surface area contributed by atoms with Crippen LogP contribution in [0, 0.1) is 0 Å². The van der Waals surface area contributed by atoms with E-state index < -0.39 is 10.2 Å². The summed E-state index contributed by atoms with van der Waals surface area (Å²) in [5, 5.41) is 0. The Morgan fingerprint density at radius 3 is 2.53 bits per heavy atom. The molecular formula is C10H10Cl2O2S. The van der Waals surface area contributed by atoms with Gasteiger partial charge in [-0.15, -0.1) is 11.6 Å². The average molecular weight is 265 g/mol. The number of carbonyl (C=O) groups excluding carboxylic acids is 1. The normalized spacial score (nSPS) is 14.3. The Morgan fingerprint density at radius 1 is 1.47 bits per heavy atom. The van der Waals surface area contributed by atoms with Gasteiger partial charge in [-0.05, 0) is 12.1 Å². The molecule has 5 heteroatoms. The zero-order chi connectivity index (χ0) is 11.3. The molecule has 0 bridgehead atoms. The maximum atomic E-state index is 11.4. The van der Waals surface area contributed by atoms with Crippen LogP contribution in [0.15, 0.2) is 35.2 Å². The lowest BCUT2D eigenvalue weighted by Gasteiger charge is -2.20. The van der Waals surface area contributed by atoms with E-state index in [4.69, 9.17) is 23.2 Å². The van der Waals surface area contributed by atoms with E-state index in [0.717, 1.165) is 4.90 Å². The molecule has 0 radical (unpaired) electrons. The third-order valence-electron chi connectivity index (χ3n) is 1.68. The standard InChI is InChI=1S/C10H10Cl2O2S/c1-14-9(13)10(12,7-11)15-8-5-3-2-4-6-8/h2-6H,7H2,1H3. The molecule has 2 nitrogen and oxygen atoms in total. The van der Waals surface area contributed by atoms with E-state index in [-0.39, 0.29) is 5.88 Å². The average Bonchev–Trinajstić information content (AvgIpc) is 2.29. The molecule has 1 aromatic rings. The molecule has 0 spiro atoms. The van der Waals surface area contributed by atoms with Crippen LogP contribution in [0.3, 0.4) is 0 Å². The quantitative estimate of drug-likeness (QED) is 0.475. The number of rotatable bonds is 4. The maximum absolute atomic E-state index is 11.4. The van der Waals surface area contributed by atoms with Crippen molar-refractivity contribution < 1.29 is 9.53 Å². The summed E-state index contributed by atoms with van der Waals surface area (Å²) in [7, 11) is 1.29. The van der Waals surface area contributed by atoms with Gasteiger partial charge < -0.3 is 4.74 Å². The number of hydrogen-bond acceptors (Lipinski definition) is 3. The molecule has 1 rings (SSSR count). The molecule has 0 amide bonds. The SMILES string of the molecule is COC(=O)C(Cl)(CCl)Sc1ccccc1. The van der Waals surface area contributed by atoms with E-state index in [1.54, 1.807) is 0 Å². The van der Waals surface area contributed by atoms with Gasteiger partial charge in [0.1, 0.15) is 0 Å². The molecule has 0 saturated carbocycles. The Morgan fingerprint density at radius 2 is 2.07 bits per heavy atom. The van der Waals surface area contributed by atoms with Gasteiger partial charge in [0, 0.05) is 4.90 Å². The van der Waals surface area contributed by atoms with Crippen LogP contribution in [0.5, 0.6) is 0 Å². The Bertz CT molecular complexity index is 331. The second kappa shape index (κ2) is 5.64. The van der Waals surface area contributed by atoms with Crippen LogP contribution in [-0.4, -0.2) is 23.2 Å². The summed E-state index contributed by atoms with van der Waals surface area (Å²) in [4.78, 5) is 12.3. The van der Waals surface area contributed by atoms with Crippen LogP contribution in [0.4, 0.5) is 0 Å². The third kappa shape index (κ3) is 3.30. The van der Waals surface area contributed by atoms with Gasteiger partial charge in [-0.3, -0.25) is 0 Å². The summed E-state index contributed by atoms with van der Waals surface area (Å²) in [5.41, 5.74) is 0. The third-order valence-corrected chi connectivity index (χ3v) is 4.04. The Balaban J connectivity index is 2.81. The Kier molecular flexibility index (Phi) is 4.77. The summed E-state index contributed by atoms with van der Waals surface area (Å²) < 4.78 is 3.35. The van der Waals surface area contributed by atoms with Crippen molar-refractivity contribution in [3.05, 3.63) is 30.3 Å². The van der Waals surface area contributed by atoms with Crippen molar-refractivity contribution in [1.82, 2.24) is 0 Å². The molecule has 82 valence electrons. The number of halogens is 2. The predicted molar refractivity (Wildman–Crippen MR) is 63.6 cm³/mol. The lowest BCUT2D eigenvalue weighted by atomic mass is 10.4. The smallest absolute Gasteiger partial charge is 0.338 e. The molecule has 0 aliphatic carbocycles. The molecule has 0 heterocycles. The van der Waals surface area contributed by atoms with Gasteiger partial charge in [0.15, 0.2) is 0 Å². The van der Waals surface area contributed by atoms with Crippen molar-refractivity contribution in [3.63, 3.8) is 0 Å². The monoisotopic (exact) mass is 264 g/mol. The summed E-state index contributed by atoms with van der Waals surface area (Å²) in [5.74, 6) is -0.547. The number of methoxy groups -OCH3 is 1. The van der Waals surface area contributed by atoms with Crippen LogP contribution in [0.2, 0.25) is 0 Å². The fraction of sp³-hybridized carbons (Fsp3) is 0.300. The highest BCUT2D eigenvalue weighted by Crippen LogP contribution is 2.38. The first-order valence-electron chi connectivity index (χ1n) is 4.20. The lowest BCUT2D eigenvalue weighted by molar-refractivity contribution is -0.140.